The van der Waals surface area contributed by atoms with Crippen molar-refractivity contribution in [3.63, 3.8) is 0 Å². The average Bonchev–Trinajstić information content (AvgIpc) is 2.53. The maximum absolute atomic E-state index is 8.80. The third-order valence-corrected chi connectivity index (χ3v) is 3.36. The second-order valence-electron chi connectivity index (χ2n) is 4.67. The molecule has 0 fully saturated rings. The van der Waals surface area contributed by atoms with Gasteiger partial charge in [-0.2, -0.15) is 5.26 Å². The van der Waals surface area contributed by atoms with Gasteiger partial charge in [0.2, 0.25) is 0 Å². The first-order chi connectivity index (χ1) is 9.65. The van der Waals surface area contributed by atoms with E-state index in [4.69, 9.17) is 11.0 Å². The van der Waals surface area contributed by atoms with Crippen molar-refractivity contribution in [3.05, 3.63) is 53.9 Å². The van der Waals surface area contributed by atoms with Crippen LogP contribution in [-0.4, -0.2) is 12.0 Å². The van der Waals surface area contributed by atoms with Crippen LogP contribution in [0.1, 0.15) is 30.6 Å². The molecule has 0 spiro atoms. The van der Waals surface area contributed by atoms with Gasteiger partial charge < -0.3 is 10.6 Å². The molecule has 1 atom stereocenters. The van der Waals surface area contributed by atoms with Gasteiger partial charge >= 0.3 is 0 Å². The number of rotatable bonds is 4. The van der Waals surface area contributed by atoms with Crippen molar-refractivity contribution in [3.8, 4) is 6.07 Å². The summed E-state index contributed by atoms with van der Waals surface area (Å²) in [4.78, 5) is 6.43. The first kappa shape index (κ1) is 14.0. The van der Waals surface area contributed by atoms with Gasteiger partial charge in [0.1, 0.15) is 0 Å². The molecule has 0 aliphatic carbocycles. The van der Waals surface area contributed by atoms with Crippen LogP contribution in [0.5, 0.6) is 0 Å². The average molecular weight is 266 g/mol. The van der Waals surface area contributed by atoms with Gasteiger partial charge in [0.05, 0.1) is 29.2 Å². The highest BCUT2D eigenvalue weighted by Gasteiger charge is 2.07. The van der Waals surface area contributed by atoms with Crippen LogP contribution < -0.4 is 10.6 Å². The van der Waals surface area contributed by atoms with E-state index in [0.717, 1.165) is 23.5 Å². The molecule has 1 aromatic heterocycles. The lowest BCUT2D eigenvalue weighted by molar-refractivity contribution is 0.675. The molecular formula is C16H18N4. The van der Waals surface area contributed by atoms with Crippen LogP contribution in [-0.2, 0) is 0 Å². The Kier molecular flexibility index (Phi) is 4.34. The third-order valence-electron chi connectivity index (χ3n) is 3.36. The number of nitrogens with two attached hydrogens (primary N) is 1. The van der Waals surface area contributed by atoms with Crippen molar-refractivity contribution < 1.29 is 0 Å². The fraction of sp³-hybridized carbons (Fsp3) is 0.250. The molecule has 102 valence electrons. The zero-order valence-electron chi connectivity index (χ0n) is 11.7. The standard InChI is InChI=1S/C16H18N4/c1-3-15(18)16-9-8-14(11-19-16)20(2)13-6-4-12(10-17)5-7-13/h4-9,11,15H,3,18H2,1-2H3/t15-/m1/s1. The number of pyridine rings is 1. The predicted octanol–water partition coefficient (Wildman–Crippen LogP) is 3.13. The summed E-state index contributed by atoms with van der Waals surface area (Å²) in [6.45, 7) is 2.04. The van der Waals surface area contributed by atoms with E-state index in [1.54, 1.807) is 12.1 Å². The van der Waals surface area contributed by atoms with Crippen molar-refractivity contribution in [1.29, 1.82) is 5.26 Å². The zero-order valence-corrected chi connectivity index (χ0v) is 11.7. The first-order valence-corrected chi connectivity index (χ1v) is 6.61. The summed E-state index contributed by atoms with van der Waals surface area (Å²) in [6.07, 6.45) is 2.70. The highest BCUT2D eigenvalue weighted by atomic mass is 15.1. The van der Waals surface area contributed by atoms with Crippen LogP contribution in [0.2, 0.25) is 0 Å². The summed E-state index contributed by atoms with van der Waals surface area (Å²) in [5, 5.41) is 8.80. The van der Waals surface area contributed by atoms with Gasteiger partial charge in [0.15, 0.2) is 0 Å². The number of hydrogen-bond acceptors (Lipinski definition) is 4. The molecule has 0 saturated heterocycles. The maximum Gasteiger partial charge on any atom is 0.0991 e. The van der Waals surface area contributed by atoms with E-state index < -0.39 is 0 Å². The van der Waals surface area contributed by atoms with Crippen LogP contribution in [0, 0.1) is 11.3 Å². The van der Waals surface area contributed by atoms with Crippen LogP contribution in [0.3, 0.4) is 0 Å². The van der Waals surface area contributed by atoms with E-state index in [-0.39, 0.29) is 6.04 Å². The normalized spacial score (nSPS) is 11.7. The molecule has 4 nitrogen and oxygen atoms in total. The Hall–Kier alpha value is -2.38. The molecule has 2 N–H and O–H groups in total. The SMILES string of the molecule is CC[C@@H](N)c1ccc(N(C)c2ccc(C#N)cc2)cn1. The lowest BCUT2D eigenvalue weighted by atomic mass is 10.1. The molecule has 2 rings (SSSR count). The van der Waals surface area contributed by atoms with Gasteiger partial charge in [-0.3, -0.25) is 4.98 Å². The Morgan fingerprint density at radius 1 is 1.20 bits per heavy atom. The lowest BCUT2D eigenvalue weighted by Crippen LogP contribution is -2.13. The van der Waals surface area contributed by atoms with E-state index in [1.807, 2.05) is 49.3 Å². The van der Waals surface area contributed by atoms with E-state index in [9.17, 15) is 0 Å². The Balaban J connectivity index is 2.20. The van der Waals surface area contributed by atoms with Crippen LogP contribution >= 0.6 is 0 Å². The summed E-state index contributed by atoms with van der Waals surface area (Å²) >= 11 is 0. The number of benzene rings is 1. The summed E-state index contributed by atoms with van der Waals surface area (Å²) in [5.74, 6) is 0. The molecule has 0 radical (unpaired) electrons. The zero-order chi connectivity index (χ0) is 14.5. The Morgan fingerprint density at radius 2 is 1.85 bits per heavy atom. The van der Waals surface area contributed by atoms with Gasteiger partial charge in [0, 0.05) is 18.8 Å². The van der Waals surface area contributed by atoms with Gasteiger partial charge in [-0.15, -0.1) is 0 Å². The van der Waals surface area contributed by atoms with Crippen molar-refractivity contribution in [2.75, 3.05) is 11.9 Å². The summed E-state index contributed by atoms with van der Waals surface area (Å²) < 4.78 is 0. The minimum absolute atomic E-state index is 0.00994. The molecular weight excluding hydrogens is 248 g/mol. The van der Waals surface area contributed by atoms with Crippen molar-refractivity contribution in [2.45, 2.75) is 19.4 Å². The topological polar surface area (TPSA) is 65.9 Å². The molecule has 1 heterocycles. The van der Waals surface area contributed by atoms with Crippen molar-refractivity contribution >= 4 is 11.4 Å². The van der Waals surface area contributed by atoms with Gasteiger partial charge in [0.25, 0.3) is 0 Å². The highest BCUT2D eigenvalue weighted by Crippen LogP contribution is 2.24. The molecule has 0 aliphatic rings. The number of hydrogen-bond donors (Lipinski definition) is 1. The number of nitriles is 1. The molecule has 0 unspecified atom stereocenters. The summed E-state index contributed by atoms with van der Waals surface area (Å²) in [5.41, 5.74) is 9.52. The molecule has 20 heavy (non-hydrogen) atoms. The Bertz CT molecular complexity index is 596. The van der Waals surface area contributed by atoms with E-state index in [2.05, 4.69) is 11.1 Å². The largest absolute Gasteiger partial charge is 0.343 e. The highest BCUT2D eigenvalue weighted by molar-refractivity contribution is 5.62. The molecule has 0 bridgehead atoms. The maximum atomic E-state index is 8.80. The number of nitrogens with zero attached hydrogens (tertiary/aromatic N) is 3. The van der Waals surface area contributed by atoms with Crippen molar-refractivity contribution in [2.24, 2.45) is 5.73 Å². The predicted molar refractivity (Wildman–Crippen MR) is 80.7 cm³/mol. The molecule has 4 heteroatoms. The summed E-state index contributed by atoms with van der Waals surface area (Å²) in [6, 6.07) is 13.5. The molecule has 0 saturated carbocycles. The van der Waals surface area contributed by atoms with E-state index >= 15 is 0 Å². The molecule has 1 aromatic carbocycles. The quantitative estimate of drug-likeness (QED) is 0.923. The Labute approximate surface area is 119 Å². The lowest BCUT2D eigenvalue weighted by Gasteiger charge is -2.20. The van der Waals surface area contributed by atoms with Gasteiger partial charge in [-0.05, 0) is 42.8 Å². The fourth-order valence-electron chi connectivity index (χ4n) is 1.93. The first-order valence-electron chi connectivity index (χ1n) is 6.61. The van der Waals surface area contributed by atoms with Crippen LogP contribution in [0.4, 0.5) is 11.4 Å². The van der Waals surface area contributed by atoms with Crippen molar-refractivity contribution in [1.82, 2.24) is 4.98 Å². The van der Waals surface area contributed by atoms with Gasteiger partial charge in [-0.25, -0.2) is 0 Å². The second-order valence-corrected chi connectivity index (χ2v) is 4.67. The Morgan fingerprint density at radius 3 is 2.35 bits per heavy atom. The molecule has 0 amide bonds. The smallest absolute Gasteiger partial charge is 0.0991 e. The van der Waals surface area contributed by atoms with Gasteiger partial charge in [-0.1, -0.05) is 6.92 Å². The van der Waals surface area contributed by atoms with Crippen LogP contribution in [0.15, 0.2) is 42.6 Å². The third kappa shape index (κ3) is 2.95. The summed E-state index contributed by atoms with van der Waals surface area (Å²) in [7, 11) is 1.97. The second kappa shape index (κ2) is 6.18. The molecule has 0 aliphatic heterocycles. The van der Waals surface area contributed by atoms with Crippen LogP contribution in [0.25, 0.3) is 0 Å². The monoisotopic (exact) mass is 266 g/mol. The molecule has 2 aromatic rings. The minimum Gasteiger partial charge on any atom is -0.343 e. The van der Waals surface area contributed by atoms with E-state index in [1.165, 1.54) is 0 Å². The van der Waals surface area contributed by atoms with E-state index in [0.29, 0.717) is 5.56 Å². The number of aromatic nitrogens is 1. The minimum atomic E-state index is -0.00994. The number of anilines is 2. The fourth-order valence-corrected chi connectivity index (χ4v) is 1.93.